The van der Waals surface area contributed by atoms with Crippen molar-refractivity contribution in [3.63, 3.8) is 0 Å². The molecule has 196 valence electrons. The van der Waals surface area contributed by atoms with E-state index in [0.717, 1.165) is 21.2 Å². The minimum Gasteiger partial charge on any atom is -0.333 e. The molecule has 0 spiro atoms. The van der Waals surface area contributed by atoms with Gasteiger partial charge in [0.2, 0.25) is 11.8 Å². The average Bonchev–Trinajstić information content (AvgIpc) is 2.91. The molecule has 5 rings (SSSR count). The normalized spacial score (nSPS) is 19.9. The third-order valence-electron chi connectivity index (χ3n) is 6.97. The van der Waals surface area contributed by atoms with Crippen molar-refractivity contribution in [1.29, 1.82) is 0 Å². The molecular formula is C29H30BrN5O3. The lowest BCUT2D eigenvalue weighted by molar-refractivity contribution is -0.187. The first-order chi connectivity index (χ1) is 18.4. The van der Waals surface area contributed by atoms with Gasteiger partial charge in [-0.25, -0.2) is 14.8 Å². The van der Waals surface area contributed by atoms with Crippen LogP contribution in [0.4, 0.5) is 4.79 Å². The molecule has 3 aromatic carbocycles. The van der Waals surface area contributed by atoms with Crippen LogP contribution in [0.3, 0.4) is 0 Å². The van der Waals surface area contributed by atoms with Gasteiger partial charge >= 0.3 is 6.03 Å². The van der Waals surface area contributed by atoms with Gasteiger partial charge in [-0.15, -0.1) is 0 Å². The lowest BCUT2D eigenvalue weighted by Crippen LogP contribution is -2.76. The van der Waals surface area contributed by atoms with E-state index in [9.17, 15) is 14.4 Å². The van der Waals surface area contributed by atoms with Crippen molar-refractivity contribution in [2.45, 2.75) is 31.7 Å². The van der Waals surface area contributed by atoms with Crippen LogP contribution in [0.5, 0.6) is 0 Å². The number of amides is 4. The maximum absolute atomic E-state index is 13.9. The SMILES string of the molecule is CN1CC(=O)N2[C@@H](Cc3ccccc3)C(=O)N(Cc3cccc(Br)c3)C[C@@H]2N1C(=O)NCc1ccccc1. The Morgan fingerprint density at radius 2 is 1.58 bits per heavy atom. The zero-order chi connectivity index (χ0) is 26.6. The van der Waals surface area contributed by atoms with Crippen molar-refractivity contribution >= 4 is 33.8 Å². The standard InChI is InChI=1S/C29H30BrN5O3/c1-32-20-27(36)34-25(16-21-9-4-2-5-10-21)28(37)33(18-23-13-8-14-24(30)15-23)19-26(34)35(32)29(38)31-17-22-11-6-3-7-12-22/h2-15,25-26H,16-20H2,1H3,(H,31,38)/t25-,26-/m0/s1. The number of fused-ring (bicyclic) bond motifs is 1. The van der Waals surface area contributed by atoms with E-state index in [-0.39, 0.29) is 30.9 Å². The molecule has 1 N–H and O–H groups in total. The van der Waals surface area contributed by atoms with Crippen molar-refractivity contribution < 1.29 is 14.4 Å². The summed E-state index contributed by atoms with van der Waals surface area (Å²) in [5.74, 6) is -0.284. The molecule has 8 nitrogen and oxygen atoms in total. The molecule has 4 amide bonds. The van der Waals surface area contributed by atoms with Crippen molar-refractivity contribution in [1.82, 2.24) is 25.1 Å². The third kappa shape index (κ3) is 5.58. The molecule has 0 aromatic heterocycles. The highest BCUT2D eigenvalue weighted by Gasteiger charge is 2.50. The molecule has 0 saturated carbocycles. The second-order valence-corrected chi connectivity index (χ2v) is 10.6. The molecular weight excluding hydrogens is 546 g/mol. The van der Waals surface area contributed by atoms with Crippen molar-refractivity contribution in [3.05, 3.63) is 106 Å². The number of urea groups is 1. The van der Waals surface area contributed by atoms with Crippen molar-refractivity contribution in [2.24, 2.45) is 0 Å². The molecule has 3 aromatic rings. The van der Waals surface area contributed by atoms with E-state index in [0.29, 0.717) is 19.5 Å². The summed E-state index contributed by atoms with van der Waals surface area (Å²) in [6.07, 6.45) is -0.254. The quantitative estimate of drug-likeness (QED) is 0.487. The first kappa shape index (κ1) is 25.9. The topological polar surface area (TPSA) is 76.2 Å². The molecule has 2 atom stereocenters. The number of hydrogen-bond acceptors (Lipinski definition) is 4. The number of hydrogen-bond donors (Lipinski definition) is 1. The van der Waals surface area contributed by atoms with Gasteiger partial charge in [-0.3, -0.25) is 9.59 Å². The fourth-order valence-corrected chi connectivity index (χ4v) is 5.64. The van der Waals surface area contributed by atoms with Crippen molar-refractivity contribution in [2.75, 3.05) is 20.1 Å². The fraction of sp³-hybridized carbons (Fsp3) is 0.276. The Bertz CT molecular complexity index is 1310. The predicted octanol–water partition coefficient (Wildman–Crippen LogP) is 3.63. The maximum atomic E-state index is 13.9. The van der Waals surface area contributed by atoms with Crippen LogP contribution in [-0.2, 0) is 29.1 Å². The van der Waals surface area contributed by atoms with Gasteiger partial charge in [0, 0.05) is 31.0 Å². The minimum absolute atomic E-state index is 0.0134. The molecule has 2 heterocycles. The van der Waals surface area contributed by atoms with E-state index in [1.807, 2.05) is 84.9 Å². The summed E-state index contributed by atoms with van der Waals surface area (Å²) in [7, 11) is 1.73. The van der Waals surface area contributed by atoms with Crippen LogP contribution in [0, 0.1) is 0 Å². The molecule has 2 aliphatic heterocycles. The van der Waals surface area contributed by atoms with Gasteiger partial charge in [0.1, 0.15) is 12.2 Å². The highest BCUT2D eigenvalue weighted by molar-refractivity contribution is 9.10. The van der Waals surface area contributed by atoms with Gasteiger partial charge in [-0.1, -0.05) is 88.7 Å². The summed E-state index contributed by atoms with van der Waals surface area (Å²) in [5.41, 5.74) is 2.90. The molecule has 0 aliphatic carbocycles. The number of hydrazine groups is 1. The smallest absolute Gasteiger partial charge is 0.333 e. The van der Waals surface area contributed by atoms with Crippen LogP contribution in [0.15, 0.2) is 89.4 Å². The number of piperazine rings is 1. The second kappa shape index (κ2) is 11.4. The monoisotopic (exact) mass is 575 g/mol. The zero-order valence-corrected chi connectivity index (χ0v) is 22.8. The summed E-state index contributed by atoms with van der Waals surface area (Å²) in [5, 5.41) is 6.23. The number of likely N-dealkylation sites (N-methyl/N-ethyl adjacent to an activating group) is 1. The molecule has 0 unspecified atom stereocenters. The predicted molar refractivity (Wildman–Crippen MR) is 147 cm³/mol. The van der Waals surface area contributed by atoms with Crippen LogP contribution < -0.4 is 5.32 Å². The van der Waals surface area contributed by atoms with E-state index < -0.39 is 12.2 Å². The summed E-state index contributed by atoms with van der Waals surface area (Å²) in [4.78, 5) is 44.2. The van der Waals surface area contributed by atoms with Crippen LogP contribution in [0.2, 0.25) is 0 Å². The number of carbonyl (C=O) groups is 3. The number of benzene rings is 3. The summed E-state index contributed by atoms with van der Waals surface area (Å²) in [6, 6.07) is 26.2. The fourth-order valence-electron chi connectivity index (χ4n) is 5.19. The van der Waals surface area contributed by atoms with Gasteiger partial charge in [0.15, 0.2) is 0 Å². The largest absolute Gasteiger partial charge is 0.334 e. The van der Waals surface area contributed by atoms with E-state index in [4.69, 9.17) is 0 Å². The molecule has 38 heavy (non-hydrogen) atoms. The summed E-state index contributed by atoms with van der Waals surface area (Å²) < 4.78 is 0.927. The van der Waals surface area contributed by atoms with E-state index in [2.05, 4.69) is 21.2 Å². The Morgan fingerprint density at radius 3 is 2.26 bits per heavy atom. The number of halogens is 1. The second-order valence-electron chi connectivity index (χ2n) is 9.64. The molecule has 2 fully saturated rings. The van der Waals surface area contributed by atoms with Crippen LogP contribution in [0.1, 0.15) is 16.7 Å². The Balaban J connectivity index is 1.45. The number of carbonyl (C=O) groups excluding carboxylic acids is 3. The maximum Gasteiger partial charge on any atom is 0.334 e. The first-order valence-electron chi connectivity index (χ1n) is 12.6. The van der Waals surface area contributed by atoms with Gasteiger partial charge in [0.05, 0.1) is 13.1 Å². The Morgan fingerprint density at radius 1 is 0.921 bits per heavy atom. The van der Waals surface area contributed by atoms with Gasteiger partial charge in [0.25, 0.3) is 0 Å². The number of nitrogens with zero attached hydrogens (tertiary/aromatic N) is 4. The molecule has 0 radical (unpaired) electrons. The van der Waals surface area contributed by atoms with Gasteiger partial charge < -0.3 is 15.1 Å². The lowest BCUT2D eigenvalue weighted by atomic mass is 9.98. The summed E-state index contributed by atoms with van der Waals surface area (Å²) in [6.45, 7) is 0.967. The van der Waals surface area contributed by atoms with E-state index in [1.165, 1.54) is 0 Å². The average molecular weight is 576 g/mol. The van der Waals surface area contributed by atoms with Gasteiger partial charge in [-0.2, -0.15) is 0 Å². The van der Waals surface area contributed by atoms with Crippen LogP contribution >= 0.6 is 15.9 Å². The van der Waals surface area contributed by atoms with Crippen molar-refractivity contribution in [3.8, 4) is 0 Å². The number of rotatable bonds is 6. The minimum atomic E-state index is -0.714. The molecule has 0 bridgehead atoms. The molecule has 2 saturated heterocycles. The zero-order valence-electron chi connectivity index (χ0n) is 21.2. The molecule has 9 heteroatoms. The first-order valence-corrected chi connectivity index (χ1v) is 13.4. The highest BCUT2D eigenvalue weighted by atomic mass is 79.9. The van der Waals surface area contributed by atoms with E-state index >= 15 is 0 Å². The highest BCUT2D eigenvalue weighted by Crippen LogP contribution is 2.29. The Kier molecular flexibility index (Phi) is 7.76. The Hall–Kier alpha value is -3.69. The van der Waals surface area contributed by atoms with Gasteiger partial charge in [-0.05, 0) is 28.8 Å². The molecule has 2 aliphatic rings. The lowest BCUT2D eigenvalue weighted by Gasteiger charge is -2.54. The third-order valence-corrected chi connectivity index (χ3v) is 7.46. The van der Waals surface area contributed by atoms with E-state index in [1.54, 1.807) is 26.9 Å². The van der Waals surface area contributed by atoms with Crippen LogP contribution in [-0.4, -0.2) is 70.0 Å². The summed E-state index contributed by atoms with van der Waals surface area (Å²) >= 11 is 3.51. The van der Waals surface area contributed by atoms with Crippen LogP contribution in [0.25, 0.3) is 0 Å². The Labute approximate surface area is 230 Å². The number of nitrogens with one attached hydrogen (secondary N) is 1.